The van der Waals surface area contributed by atoms with Gasteiger partial charge >= 0.3 is 0 Å². The van der Waals surface area contributed by atoms with E-state index in [0.717, 1.165) is 19.3 Å². The van der Waals surface area contributed by atoms with Crippen molar-refractivity contribution in [2.24, 2.45) is 0 Å². The van der Waals surface area contributed by atoms with E-state index in [2.05, 4.69) is 15.5 Å². The highest BCUT2D eigenvalue weighted by Crippen LogP contribution is 2.32. The van der Waals surface area contributed by atoms with E-state index in [1.165, 1.54) is 0 Å². The fourth-order valence-corrected chi connectivity index (χ4v) is 4.05. The van der Waals surface area contributed by atoms with E-state index in [1.807, 2.05) is 20.8 Å². The Kier molecular flexibility index (Phi) is 4.82. The summed E-state index contributed by atoms with van der Waals surface area (Å²) >= 11 is 0. The van der Waals surface area contributed by atoms with E-state index in [1.54, 1.807) is 10.5 Å². The maximum atomic E-state index is 12.8. The van der Waals surface area contributed by atoms with Crippen molar-refractivity contribution in [3.63, 3.8) is 0 Å². The minimum absolute atomic E-state index is 0.175. The predicted molar refractivity (Wildman–Crippen MR) is 77.8 cm³/mol. The third kappa shape index (κ3) is 3.39. The van der Waals surface area contributed by atoms with Crippen molar-refractivity contribution in [3.05, 3.63) is 11.8 Å². The summed E-state index contributed by atoms with van der Waals surface area (Å²) in [5, 5.41) is 10.1. The zero-order valence-electron chi connectivity index (χ0n) is 12.4. The molecule has 7 heteroatoms. The van der Waals surface area contributed by atoms with Crippen LogP contribution in [-0.4, -0.2) is 41.5 Å². The molecule has 0 aromatic carbocycles. The highest BCUT2D eigenvalue weighted by molar-refractivity contribution is 7.89. The van der Waals surface area contributed by atoms with Crippen molar-refractivity contribution < 1.29 is 8.42 Å². The van der Waals surface area contributed by atoms with Gasteiger partial charge in [0.2, 0.25) is 0 Å². The minimum Gasteiger partial charge on any atom is -0.310 e. The maximum absolute atomic E-state index is 12.8. The van der Waals surface area contributed by atoms with Crippen LogP contribution in [0, 0.1) is 0 Å². The van der Waals surface area contributed by atoms with Crippen LogP contribution in [0.5, 0.6) is 0 Å². The SMILES string of the molecule is CCCN(C1CC1)S(=O)(=O)c1[nH]ncc1CNC(C)C. The van der Waals surface area contributed by atoms with Crippen LogP contribution >= 0.6 is 0 Å². The first kappa shape index (κ1) is 15.5. The normalized spacial score (nSPS) is 16.2. The molecule has 0 amide bonds. The molecule has 1 aliphatic carbocycles. The lowest BCUT2D eigenvalue weighted by molar-refractivity contribution is 0.400. The molecule has 1 saturated carbocycles. The fraction of sp³-hybridized carbons (Fsp3) is 0.769. The Labute approximate surface area is 121 Å². The van der Waals surface area contributed by atoms with Gasteiger partial charge in [-0.2, -0.15) is 9.40 Å². The van der Waals surface area contributed by atoms with E-state index in [-0.39, 0.29) is 11.1 Å². The first-order valence-corrected chi connectivity index (χ1v) is 8.68. The van der Waals surface area contributed by atoms with Crippen molar-refractivity contribution in [1.82, 2.24) is 19.8 Å². The lowest BCUT2D eigenvalue weighted by Gasteiger charge is -2.21. The average molecular weight is 300 g/mol. The number of H-pyrrole nitrogens is 1. The molecule has 114 valence electrons. The number of sulfonamides is 1. The highest BCUT2D eigenvalue weighted by atomic mass is 32.2. The van der Waals surface area contributed by atoms with Gasteiger partial charge in [0, 0.05) is 30.7 Å². The molecule has 1 aromatic heterocycles. The van der Waals surface area contributed by atoms with Crippen LogP contribution in [0.2, 0.25) is 0 Å². The van der Waals surface area contributed by atoms with Crippen molar-refractivity contribution in [3.8, 4) is 0 Å². The first-order chi connectivity index (χ1) is 9.46. The summed E-state index contributed by atoms with van der Waals surface area (Å²) in [7, 11) is -3.46. The van der Waals surface area contributed by atoms with Gasteiger partial charge < -0.3 is 5.32 Å². The lowest BCUT2D eigenvalue weighted by atomic mass is 10.3. The molecule has 2 rings (SSSR count). The molecule has 0 unspecified atom stereocenters. The maximum Gasteiger partial charge on any atom is 0.260 e. The molecule has 0 atom stereocenters. The highest BCUT2D eigenvalue weighted by Gasteiger charge is 2.39. The molecule has 1 heterocycles. The molecule has 6 nitrogen and oxygen atoms in total. The van der Waals surface area contributed by atoms with Gasteiger partial charge in [0.15, 0.2) is 5.03 Å². The molecule has 0 spiro atoms. The van der Waals surface area contributed by atoms with Gasteiger partial charge in [-0.15, -0.1) is 0 Å². The van der Waals surface area contributed by atoms with E-state index in [9.17, 15) is 8.42 Å². The summed E-state index contributed by atoms with van der Waals surface area (Å²) in [6, 6.07) is 0.477. The van der Waals surface area contributed by atoms with Gasteiger partial charge in [0.05, 0.1) is 6.20 Å². The van der Waals surface area contributed by atoms with Gasteiger partial charge in [-0.05, 0) is 19.3 Å². The molecule has 1 fully saturated rings. The van der Waals surface area contributed by atoms with Crippen molar-refractivity contribution >= 4 is 10.0 Å². The Morgan fingerprint density at radius 1 is 1.50 bits per heavy atom. The second-order valence-electron chi connectivity index (χ2n) is 5.61. The zero-order valence-corrected chi connectivity index (χ0v) is 13.2. The van der Waals surface area contributed by atoms with Crippen molar-refractivity contribution in [2.45, 2.75) is 63.7 Å². The molecular formula is C13H24N4O2S. The second-order valence-corrected chi connectivity index (χ2v) is 7.43. The summed E-state index contributed by atoms with van der Waals surface area (Å²) in [5.74, 6) is 0. The van der Waals surface area contributed by atoms with Crippen LogP contribution < -0.4 is 5.32 Å². The van der Waals surface area contributed by atoms with E-state index < -0.39 is 10.0 Å². The number of nitrogens with one attached hydrogen (secondary N) is 2. The number of aromatic amines is 1. The van der Waals surface area contributed by atoms with Crippen LogP contribution in [0.25, 0.3) is 0 Å². The van der Waals surface area contributed by atoms with E-state index in [4.69, 9.17) is 0 Å². The van der Waals surface area contributed by atoms with Gasteiger partial charge in [-0.3, -0.25) is 5.10 Å². The Morgan fingerprint density at radius 2 is 2.20 bits per heavy atom. The monoisotopic (exact) mass is 300 g/mol. The summed E-state index contributed by atoms with van der Waals surface area (Å²) in [4.78, 5) is 0. The van der Waals surface area contributed by atoms with Crippen LogP contribution in [0.4, 0.5) is 0 Å². The summed E-state index contributed by atoms with van der Waals surface area (Å²) in [6.07, 6.45) is 4.35. The molecule has 1 aromatic rings. The average Bonchev–Trinajstić information content (AvgIpc) is 3.09. The predicted octanol–water partition coefficient (Wildman–Crippen LogP) is 1.47. The summed E-state index contributed by atoms with van der Waals surface area (Å²) in [6.45, 7) is 7.14. The molecule has 1 aliphatic rings. The number of rotatable bonds is 8. The van der Waals surface area contributed by atoms with Crippen molar-refractivity contribution in [2.75, 3.05) is 6.54 Å². The molecule has 0 radical (unpaired) electrons. The molecule has 0 bridgehead atoms. The quantitative estimate of drug-likeness (QED) is 0.762. The van der Waals surface area contributed by atoms with Gasteiger partial charge in [-0.25, -0.2) is 8.42 Å². The van der Waals surface area contributed by atoms with Crippen LogP contribution in [0.15, 0.2) is 11.2 Å². The number of hydrogen-bond donors (Lipinski definition) is 2. The number of hydrogen-bond acceptors (Lipinski definition) is 4. The Hall–Kier alpha value is -0.920. The third-order valence-electron chi connectivity index (χ3n) is 3.34. The van der Waals surface area contributed by atoms with Crippen LogP contribution in [0.3, 0.4) is 0 Å². The first-order valence-electron chi connectivity index (χ1n) is 7.24. The number of aromatic nitrogens is 2. The summed E-state index contributed by atoms with van der Waals surface area (Å²) in [5.41, 5.74) is 0.709. The van der Waals surface area contributed by atoms with Crippen LogP contribution in [-0.2, 0) is 16.6 Å². The summed E-state index contributed by atoms with van der Waals surface area (Å²) < 4.78 is 27.1. The second kappa shape index (κ2) is 6.24. The topological polar surface area (TPSA) is 78.1 Å². The third-order valence-corrected chi connectivity index (χ3v) is 5.31. The lowest BCUT2D eigenvalue weighted by Crippen LogP contribution is -2.35. The van der Waals surface area contributed by atoms with E-state index >= 15 is 0 Å². The number of nitrogens with zero attached hydrogens (tertiary/aromatic N) is 2. The van der Waals surface area contributed by atoms with Crippen LogP contribution in [0.1, 0.15) is 45.6 Å². The van der Waals surface area contributed by atoms with E-state index in [0.29, 0.717) is 24.7 Å². The smallest absolute Gasteiger partial charge is 0.260 e. The van der Waals surface area contributed by atoms with Gasteiger partial charge in [0.1, 0.15) is 0 Å². The Morgan fingerprint density at radius 3 is 2.75 bits per heavy atom. The van der Waals surface area contributed by atoms with Gasteiger partial charge in [0.25, 0.3) is 10.0 Å². The van der Waals surface area contributed by atoms with Gasteiger partial charge in [-0.1, -0.05) is 20.8 Å². The standard InChI is InChI=1S/C13H24N4O2S/c1-4-7-17(12-5-6-12)20(18,19)13-11(9-15-16-13)8-14-10(2)3/h9-10,12,14H,4-8H2,1-3H3,(H,15,16). The Balaban J connectivity index is 2.22. The fourth-order valence-electron chi connectivity index (χ4n) is 2.16. The molecule has 0 aliphatic heterocycles. The Bertz CT molecular complexity index is 534. The molecule has 20 heavy (non-hydrogen) atoms. The largest absolute Gasteiger partial charge is 0.310 e. The molecular weight excluding hydrogens is 276 g/mol. The minimum atomic E-state index is -3.46. The van der Waals surface area contributed by atoms with Crippen molar-refractivity contribution in [1.29, 1.82) is 0 Å². The zero-order chi connectivity index (χ0) is 14.8. The molecule has 2 N–H and O–H groups in total. The molecule has 0 saturated heterocycles.